The summed E-state index contributed by atoms with van der Waals surface area (Å²) in [4.78, 5) is 2.47. The first-order chi connectivity index (χ1) is 9.28. The van der Waals surface area contributed by atoms with Crippen molar-refractivity contribution in [2.45, 2.75) is 45.7 Å². The molecular weight excluding hydrogens is 232 g/mol. The van der Waals surface area contributed by atoms with Crippen LogP contribution in [0.3, 0.4) is 0 Å². The van der Waals surface area contributed by atoms with Crippen LogP contribution in [-0.4, -0.2) is 25.0 Å². The molecule has 1 aromatic rings. The lowest BCUT2D eigenvalue weighted by atomic mass is 9.85. The monoisotopic (exact) mass is 260 g/mol. The van der Waals surface area contributed by atoms with Gasteiger partial charge in [0.1, 0.15) is 0 Å². The lowest BCUT2D eigenvalue weighted by Gasteiger charge is -2.30. The van der Waals surface area contributed by atoms with E-state index in [0.717, 1.165) is 25.6 Å². The average molecular weight is 260 g/mol. The fourth-order valence-corrected chi connectivity index (χ4v) is 2.66. The molecule has 106 valence electrons. The van der Waals surface area contributed by atoms with Crippen molar-refractivity contribution in [2.24, 2.45) is 5.92 Å². The van der Waals surface area contributed by atoms with E-state index < -0.39 is 0 Å². The van der Waals surface area contributed by atoms with E-state index in [1.165, 1.54) is 43.4 Å². The van der Waals surface area contributed by atoms with E-state index in [4.69, 9.17) is 0 Å². The van der Waals surface area contributed by atoms with Crippen LogP contribution in [0, 0.1) is 5.92 Å². The number of hydrogen-bond donors (Lipinski definition) is 1. The van der Waals surface area contributed by atoms with Gasteiger partial charge in [0.05, 0.1) is 0 Å². The van der Waals surface area contributed by atoms with E-state index in [2.05, 4.69) is 48.5 Å². The summed E-state index contributed by atoms with van der Waals surface area (Å²) in [6.45, 7) is 6.64. The Labute approximate surface area is 118 Å². The van der Waals surface area contributed by atoms with Gasteiger partial charge < -0.3 is 10.2 Å². The summed E-state index contributed by atoms with van der Waals surface area (Å²) in [7, 11) is 2.25. The van der Waals surface area contributed by atoms with Crippen LogP contribution in [0.4, 0.5) is 0 Å². The van der Waals surface area contributed by atoms with E-state index in [9.17, 15) is 0 Å². The fraction of sp³-hybridized carbons (Fsp3) is 0.647. The fourth-order valence-electron chi connectivity index (χ4n) is 2.66. The zero-order valence-corrected chi connectivity index (χ0v) is 12.5. The molecule has 0 saturated heterocycles. The molecule has 1 saturated carbocycles. The third kappa shape index (κ3) is 4.96. The van der Waals surface area contributed by atoms with Gasteiger partial charge in [-0.15, -0.1) is 0 Å². The second-order valence-corrected chi connectivity index (χ2v) is 5.99. The van der Waals surface area contributed by atoms with Crippen LogP contribution >= 0.6 is 0 Å². The second kappa shape index (κ2) is 7.66. The molecule has 2 nitrogen and oxygen atoms in total. The third-order valence-corrected chi connectivity index (χ3v) is 4.03. The van der Waals surface area contributed by atoms with Crippen molar-refractivity contribution in [3.63, 3.8) is 0 Å². The van der Waals surface area contributed by atoms with Gasteiger partial charge in [0.2, 0.25) is 0 Å². The predicted octanol–water partition coefficient (Wildman–Crippen LogP) is 3.42. The van der Waals surface area contributed by atoms with E-state index >= 15 is 0 Å². The van der Waals surface area contributed by atoms with E-state index in [0.29, 0.717) is 0 Å². The number of nitrogens with zero attached hydrogens (tertiary/aromatic N) is 1. The second-order valence-electron chi connectivity index (χ2n) is 5.99. The Balaban J connectivity index is 1.73. The van der Waals surface area contributed by atoms with Crippen molar-refractivity contribution in [3.8, 4) is 0 Å². The van der Waals surface area contributed by atoms with Gasteiger partial charge in [0, 0.05) is 19.6 Å². The van der Waals surface area contributed by atoms with Gasteiger partial charge in [-0.05, 0) is 49.9 Å². The number of rotatable bonds is 8. The Morgan fingerprint density at radius 3 is 2.42 bits per heavy atom. The third-order valence-electron chi connectivity index (χ3n) is 4.03. The minimum Gasteiger partial charge on any atom is -0.313 e. The number of hydrogen-bond acceptors (Lipinski definition) is 2. The van der Waals surface area contributed by atoms with Crippen molar-refractivity contribution in [1.29, 1.82) is 0 Å². The van der Waals surface area contributed by atoms with Crippen LogP contribution in [0.2, 0.25) is 0 Å². The molecule has 0 amide bonds. The summed E-state index contributed by atoms with van der Waals surface area (Å²) in [6.07, 6.45) is 5.51. The molecule has 1 aliphatic rings. The van der Waals surface area contributed by atoms with Crippen LogP contribution in [-0.2, 0) is 13.1 Å². The molecule has 0 radical (unpaired) electrons. The highest BCUT2D eigenvalue weighted by Gasteiger charge is 2.18. The Kier molecular flexibility index (Phi) is 5.87. The van der Waals surface area contributed by atoms with Gasteiger partial charge in [-0.2, -0.15) is 0 Å². The van der Waals surface area contributed by atoms with Gasteiger partial charge in [-0.1, -0.05) is 37.6 Å². The SMILES string of the molecule is CCCNCc1ccc(CN(C)CC2CCC2)cc1. The Morgan fingerprint density at radius 1 is 1.16 bits per heavy atom. The van der Waals surface area contributed by atoms with E-state index in [1.54, 1.807) is 0 Å². The molecule has 19 heavy (non-hydrogen) atoms. The Hall–Kier alpha value is -0.860. The molecule has 1 aromatic carbocycles. The molecule has 0 atom stereocenters. The molecule has 0 unspecified atom stereocenters. The van der Waals surface area contributed by atoms with Crippen molar-refractivity contribution < 1.29 is 0 Å². The van der Waals surface area contributed by atoms with E-state index in [-0.39, 0.29) is 0 Å². The van der Waals surface area contributed by atoms with Gasteiger partial charge in [0.15, 0.2) is 0 Å². The van der Waals surface area contributed by atoms with Crippen LogP contribution < -0.4 is 5.32 Å². The zero-order chi connectivity index (χ0) is 13.5. The lowest BCUT2D eigenvalue weighted by molar-refractivity contribution is 0.200. The van der Waals surface area contributed by atoms with Crippen LogP contribution in [0.1, 0.15) is 43.7 Å². The van der Waals surface area contributed by atoms with Gasteiger partial charge in [-0.25, -0.2) is 0 Å². The molecule has 0 bridgehead atoms. The molecule has 2 heteroatoms. The summed E-state index contributed by atoms with van der Waals surface area (Å²) in [5, 5.41) is 3.44. The molecule has 2 rings (SSSR count). The lowest BCUT2D eigenvalue weighted by Crippen LogP contribution is -2.29. The Bertz CT molecular complexity index is 354. The van der Waals surface area contributed by atoms with Gasteiger partial charge >= 0.3 is 0 Å². The van der Waals surface area contributed by atoms with E-state index in [1.807, 2.05) is 0 Å². The first kappa shape index (κ1) is 14.5. The summed E-state index contributed by atoms with van der Waals surface area (Å²) in [6, 6.07) is 9.07. The normalized spacial score (nSPS) is 15.7. The summed E-state index contributed by atoms with van der Waals surface area (Å²) < 4.78 is 0. The van der Waals surface area contributed by atoms with Gasteiger partial charge in [0.25, 0.3) is 0 Å². The van der Waals surface area contributed by atoms with Crippen molar-refractivity contribution in [1.82, 2.24) is 10.2 Å². The highest BCUT2D eigenvalue weighted by Crippen LogP contribution is 2.27. The molecule has 1 N–H and O–H groups in total. The summed E-state index contributed by atoms with van der Waals surface area (Å²) in [5.41, 5.74) is 2.82. The quantitative estimate of drug-likeness (QED) is 0.721. The smallest absolute Gasteiger partial charge is 0.0230 e. The number of benzene rings is 1. The van der Waals surface area contributed by atoms with Crippen molar-refractivity contribution >= 4 is 0 Å². The largest absolute Gasteiger partial charge is 0.313 e. The standard InChI is InChI=1S/C17H28N2/c1-3-11-18-12-15-7-9-17(10-8-15)14-19(2)13-16-5-4-6-16/h7-10,16,18H,3-6,11-14H2,1-2H3. The average Bonchev–Trinajstić information content (AvgIpc) is 2.36. The molecule has 0 heterocycles. The molecule has 0 aromatic heterocycles. The maximum atomic E-state index is 3.44. The van der Waals surface area contributed by atoms with Gasteiger partial charge in [-0.3, -0.25) is 0 Å². The topological polar surface area (TPSA) is 15.3 Å². The minimum absolute atomic E-state index is 0.961. The molecule has 0 spiro atoms. The zero-order valence-electron chi connectivity index (χ0n) is 12.5. The summed E-state index contributed by atoms with van der Waals surface area (Å²) in [5.74, 6) is 0.961. The molecule has 0 aliphatic heterocycles. The van der Waals surface area contributed by atoms with Crippen molar-refractivity contribution in [2.75, 3.05) is 20.1 Å². The highest BCUT2D eigenvalue weighted by atomic mass is 15.1. The van der Waals surface area contributed by atoms with Crippen LogP contribution in [0.25, 0.3) is 0 Å². The highest BCUT2D eigenvalue weighted by molar-refractivity contribution is 5.22. The summed E-state index contributed by atoms with van der Waals surface area (Å²) >= 11 is 0. The molecule has 1 aliphatic carbocycles. The van der Waals surface area contributed by atoms with Crippen LogP contribution in [0.5, 0.6) is 0 Å². The van der Waals surface area contributed by atoms with Crippen molar-refractivity contribution in [3.05, 3.63) is 35.4 Å². The predicted molar refractivity (Wildman–Crippen MR) is 82.1 cm³/mol. The number of nitrogens with one attached hydrogen (secondary N) is 1. The Morgan fingerprint density at radius 2 is 1.84 bits per heavy atom. The molecule has 1 fully saturated rings. The van der Waals surface area contributed by atoms with Crippen LogP contribution in [0.15, 0.2) is 24.3 Å². The maximum absolute atomic E-state index is 3.44. The first-order valence-electron chi connectivity index (χ1n) is 7.75. The maximum Gasteiger partial charge on any atom is 0.0230 e. The first-order valence-corrected chi connectivity index (χ1v) is 7.75. The minimum atomic E-state index is 0.961. The molecular formula is C17H28N2.